The summed E-state index contributed by atoms with van der Waals surface area (Å²) >= 11 is 3.12. The van der Waals surface area contributed by atoms with Gasteiger partial charge in [-0.3, -0.25) is 0 Å². The van der Waals surface area contributed by atoms with Gasteiger partial charge in [0.2, 0.25) is 0 Å². The Bertz CT molecular complexity index is 467. The fourth-order valence-electron chi connectivity index (χ4n) is 2.31. The summed E-state index contributed by atoms with van der Waals surface area (Å²) in [5.41, 5.74) is 0.808. The van der Waals surface area contributed by atoms with Gasteiger partial charge in [0.25, 0.3) is 0 Å². The van der Waals surface area contributed by atoms with E-state index < -0.39 is 0 Å². The molecule has 2 atom stereocenters. The van der Waals surface area contributed by atoms with Crippen molar-refractivity contribution in [2.75, 3.05) is 5.32 Å². The molecule has 1 aliphatic carbocycles. The highest BCUT2D eigenvalue weighted by Gasteiger charge is 2.24. The van der Waals surface area contributed by atoms with Gasteiger partial charge in [-0.1, -0.05) is 13.3 Å². The van der Waals surface area contributed by atoms with Crippen LogP contribution in [0.3, 0.4) is 0 Å². The molecule has 1 aromatic carbocycles. The lowest BCUT2D eigenvalue weighted by Gasteiger charge is -2.19. The molecule has 0 amide bonds. The third-order valence-electron chi connectivity index (χ3n) is 3.41. The van der Waals surface area contributed by atoms with Crippen molar-refractivity contribution in [2.24, 2.45) is 5.92 Å². The zero-order valence-electron chi connectivity index (χ0n) is 9.63. The van der Waals surface area contributed by atoms with E-state index in [0.717, 1.165) is 6.42 Å². The van der Waals surface area contributed by atoms with Gasteiger partial charge in [-0.2, -0.15) is 5.26 Å². The van der Waals surface area contributed by atoms with E-state index in [1.165, 1.54) is 12.8 Å². The number of nitriles is 1. The Kier molecular flexibility index (Phi) is 3.68. The van der Waals surface area contributed by atoms with E-state index in [9.17, 15) is 4.39 Å². The van der Waals surface area contributed by atoms with Crippen molar-refractivity contribution in [3.63, 3.8) is 0 Å². The molecule has 0 aromatic heterocycles. The number of anilines is 1. The second-order valence-electron chi connectivity index (χ2n) is 4.56. The molecule has 1 aromatic rings. The Morgan fingerprint density at radius 1 is 1.47 bits per heavy atom. The summed E-state index contributed by atoms with van der Waals surface area (Å²) in [6.45, 7) is 2.18. The zero-order valence-corrected chi connectivity index (χ0v) is 11.2. The average molecular weight is 297 g/mol. The van der Waals surface area contributed by atoms with Gasteiger partial charge in [0, 0.05) is 6.04 Å². The Morgan fingerprint density at radius 2 is 2.24 bits per heavy atom. The molecule has 2 rings (SSSR count). The van der Waals surface area contributed by atoms with Crippen molar-refractivity contribution >= 4 is 21.6 Å². The quantitative estimate of drug-likeness (QED) is 0.893. The third-order valence-corrected chi connectivity index (χ3v) is 4.18. The van der Waals surface area contributed by atoms with Gasteiger partial charge < -0.3 is 5.32 Å². The van der Waals surface area contributed by atoms with E-state index in [-0.39, 0.29) is 10.3 Å². The molecule has 0 bridgehead atoms. The molecule has 2 unspecified atom stereocenters. The maximum Gasteiger partial charge on any atom is 0.161 e. The lowest BCUT2D eigenvalue weighted by molar-refractivity contribution is 0.549. The zero-order chi connectivity index (χ0) is 12.4. The number of benzene rings is 1. The van der Waals surface area contributed by atoms with Gasteiger partial charge >= 0.3 is 0 Å². The van der Waals surface area contributed by atoms with Crippen LogP contribution in [0.2, 0.25) is 0 Å². The van der Waals surface area contributed by atoms with E-state index in [2.05, 4.69) is 28.2 Å². The molecule has 4 heteroatoms. The monoisotopic (exact) mass is 296 g/mol. The molecule has 0 saturated heterocycles. The first-order valence-corrected chi connectivity index (χ1v) is 6.57. The largest absolute Gasteiger partial charge is 0.380 e. The minimum atomic E-state index is -0.372. The molecule has 17 heavy (non-hydrogen) atoms. The first-order valence-electron chi connectivity index (χ1n) is 5.78. The molecular weight excluding hydrogens is 283 g/mol. The smallest absolute Gasteiger partial charge is 0.161 e. The molecule has 0 radical (unpaired) electrons. The standard InChI is InChI=1S/C13H14BrFN2/c1-8-3-2-4-10(8)17-11-6-5-9(7-16)12(14)13(11)15/h5-6,8,10,17H,2-4H2,1H3. The normalized spacial score (nSPS) is 23.4. The van der Waals surface area contributed by atoms with Crippen LogP contribution in [-0.2, 0) is 0 Å². The number of nitrogens with one attached hydrogen (secondary N) is 1. The van der Waals surface area contributed by atoms with E-state index in [0.29, 0.717) is 23.2 Å². The molecule has 2 nitrogen and oxygen atoms in total. The van der Waals surface area contributed by atoms with Crippen molar-refractivity contribution in [3.05, 3.63) is 28.0 Å². The van der Waals surface area contributed by atoms with Crippen LogP contribution in [0.1, 0.15) is 31.7 Å². The van der Waals surface area contributed by atoms with Crippen molar-refractivity contribution in [1.82, 2.24) is 0 Å². The Balaban J connectivity index is 2.22. The Morgan fingerprint density at radius 3 is 2.82 bits per heavy atom. The predicted octanol–water partition coefficient (Wildman–Crippen LogP) is 4.06. The molecule has 1 aliphatic rings. The van der Waals surface area contributed by atoms with Crippen LogP contribution in [-0.4, -0.2) is 6.04 Å². The Hall–Kier alpha value is -1.08. The van der Waals surface area contributed by atoms with Crippen molar-refractivity contribution in [3.8, 4) is 6.07 Å². The molecule has 0 heterocycles. The summed E-state index contributed by atoms with van der Waals surface area (Å²) in [6, 6.07) is 5.56. The molecule has 1 fully saturated rings. The summed E-state index contributed by atoms with van der Waals surface area (Å²) in [6.07, 6.45) is 3.47. The molecule has 0 spiro atoms. The SMILES string of the molecule is CC1CCCC1Nc1ccc(C#N)c(Br)c1F. The van der Waals surface area contributed by atoms with Crippen LogP contribution in [0.25, 0.3) is 0 Å². The van der Waals surface area contributed by atoms with E-state index in [4.69, 9.17) is 5.26 Å². The highest BCUT2D eigenvalue weighted by molar-refractivity contribution is 9.10. The lowest BCUT2D eigenvalue weighted by Crippen LogP contribution is -2.22. The van der Waals surface area contributed by atoms with Crippen LogP contribution < -0.4 is 5.32 Å². The predicted molar refractivity (Wildman–Crippen MR) is 69.2 cm³/mol. The molecule has 0 aliphatic heterocycles. The van der Waals surface area contributed by atoms with Gasteiger partial charge in [0.05, 0.1) is 15.7 Å². The van der Waals surface area contributed by atoms with Crippen LogP contribution in [0.5, 0.6) is 0 Å². The highest BCUT2D eigenvalue weighted by Crippen LogP contribution is 2.31. The topological polar surface area (TPSA) is 35.8 Å². The molecule has 1 saturated carbocycles. The highest BCUT2D eigenvalue weighted by atomic mass is 79.9. The number of rotatable bonds is 2. The first-order chi connectivity index (χ1) is 8.13. The van der Waals surface area contributed by atoms with E-state index >= 15 is 0 Å². The van der Waals surface area contributed by atoms with Gasteiger partial charge in [0.15, 0.2) is 5.82 Å². The number of halogens is 2. The fraction of sp³-hybridized carbons (Fsp3) is 0.462. The van der Waals surface area contributed by atoms with Crippen LogP contribution in [0.15, 0.2) is 16.6 Å². The van der Waals surface area contributed by atoms with Gasteiger partial charge in [0.1, 0.15) is 6.07 Å². The van der Waals surface area contributed by atoms with Crippen molar-refractivity contribution in [2.45, 2.75) is 32.2 Å². The second-order valence-corrected chi connectivity index (χ2v) is 5.35. The summed E-state index contributed by atoms with van der Waals surface area (Å²) in [7, 11) is 0. The number of hydrogen-bond donors (Lipinski definition) is 1. The van der Waals surface area contributed by atoms with Crippen molar-refractivity contribution in [1.29, 1.82) is 5.26 Å². The van der Waals surface area contributed by atoms with Crippen molar-refractivity contribution < 1.29 is 4.39 Å². The summed E-state index contributed by atoms with van der Waals surface area (Å²) in [5.74, 6) is 0.201. The summed E-state index contributed by atoms with van der Waals surface area (Å²) < 4.78 is 14.2. The minimum Gasteiger partial charge on any atom is -0.380 e. The molecule has 1 N–H and O–H groups in total. The van der Waals surface area contributed by atoms with Gasteiger partial charge in [-0.25, -0.2) is 4.39 Å². The molecular formula is C13H14BrFN2. The van der Waals surface area contributed by atoms with E-state index in [1.54, 1.807) is 12.1 Å². The number of nitrogens with zero attached hydrogens (tertiary/aromatic N) is 1. The maximum atomic E-state index is 14.0. The van der Waals surface area contributed by atoms with Crippen LogP contribution >= 0.6 is 15.9 Å². The second kappa shape index (κ2) is 5.05. The van der Waals surface area contributed by atoms with E-state index in [1.807, 2.05) is 6.07 Å². The maximum absolute atomic E-state index is 14.0. The number of hydrogen-bond acceptors (Lipinski definition) is 2. The average Bonchev–Trinajstić information content (AvgIpc) is 2.71. The Labute approximate surface area is 109 Å². The first kappa shape index (κ1) is 12.4. The van der Waals surface area contributed by atoms with Crippen LogP contribution in [0.4, 0.5) is 10.1 Å². The van der Waals surface area contributed by atoms with Gasteiger partial charge in [-0.15, -0.1) is 0 Å². The molecule has 90 valence electrons. The van der Waals surface area contributed by atoms with Crippen LogP contribution in [0, 0.1) is 23.1 Å². The minimum absolute atomic E-state index is 0.246. The fourth-order valence-corrected chi connectivity index (χ4v) is 2.74. The third kappa shape index (κ3) is 2.44. The lowest BCUT2D eigenvalue weighted by atomic mass is 10.1. The summed E-state index contributed by atoms with van der Waals surface area (Å²) in [4.78, 5) is 0. The van der Waals surface area contributed by atoms with Gasteiger partial charge in [-0.05, 0) is 46.8 Å². The summed E-state index contributed by atoms with van der Waals surface area (Å²) in [5, 5.41) is 12.0.